The lowest BCUT2D eigenvalue weighted by molar-refractivity contribution is -0.119. The number of ether oxygens (including phenoxy) is 1. The van der Waals surface area contributed by atoms with Gasteiger partial charge in [0, 0.05) is 11.6 Å². The minimum Gasteiger partial charge on any atom is -0.456 e. The number of anilines is 1. The predicted octanol–water partition coefficient (Wildman–Crippen LogP) is 5.14. The maximum atomic E-state index is 12.9. The van der Waals surface area contributed by atoms with Crippen LogP contribution in [0.4, 0.5) is 5.69 Å². The molecule has 1 heterocycles. The Labute approximate surface area is 180 Å². The van der Waals surface area contributed by atoms with E-state index in [9.17, 15) is 9.59 Å². The van der Waals surface area contributed by atoms with Gasteiger partial charge in [-0.15, -0.1) is 0 Å². The van der Waals surface area contributed by atoms with Crippen LogP contribution < -0.4 is 10.6 Å². The van der Waals surface area contributed by atoms with E-state index < -0.39 is 5.60 Å². The van der Waals surface area contributed by atoms with E-state index in [2.05, 4.69) is 22.8 Å². The summed E-state index contributed by atoms with van der Waals surface area (Å²) in [5.41, 5.74) is 1.76. The normalized spacial score (nSPS) is 18.6. The van der Waals surface area contributed by atoms with E-state index >= 15 is 0 Å². The highest BCUT2D eigenvalue weighted by atomic mass is 16.6. The zero-order valence-electron chi connectivity index (χ0n) is 18.7. The SMILES string of the molecule is CC.CC(C)(C)OC(=O)c1ccc(NC(=O)C2NCCCC2c2ccccc2)cc1. The van der Waals surface area contributed by atoms with Gasteiger partial charge in [-0.05, 0) is 70.0 Å². The van der Waals surface area contributed by atoms with E-state index in [1.165, 1.54) is 5.56 Å². The largest absolute Gasteiger partial charge is 0.456 e. The molecule has 0 aromatic heterocycles. The number of benzene rings is 2. The number of hydrogen-bond acceptors (Lipinski definition) is 4. The molecule has 5 heteroatoms. The van der Waals surface area contributed by atoms with Gasteiger partial charge in [0.15, 0.2) is 0 Å². The van der Waals surface area contributed by atoms with Crippen LogP contribution in [0.15, 0.2) is 54.6 Å². The maximum Gasteiger partial charge on any atom is 0.338 e. The van der Waals surface area contributed by atoms with E-state index in [-0.39, 0.29) is 23.8 Å². The smallest absolute Gasteiger partial charge is 0.338 e. The monoisotopic (exact) mass is 410 g/mol. The molecule has 0 aliphatic carbocycles. The Morgan fingerprint density at radius 3 is 2.23 bits per heavy atom. The van der Waals surface area contributed by atoms with Gasteiger partial charge >= 0.3 is 5.97 Å². The Hall–Kier alpha value is -2.66. The standard InChI is InChI=1S/C23H28N2O3.C2H6/c1-23(2,3)28-22(27)17-11-13-18(14-12-17)25-21(26)20-19(10-7-15-24-20)16-8-5-4-6-9-16;1-2/h4-6,8-9,11-14,19-20,24H,7,10,15H2,1-3H3,(H,25,26);1-2H3. The van der Waals surface area contributed by atoms with Gasteiger partial charge < -0.3 is 15.4 Å². The Balaban J connectivity index is 0.00000155. The van der Waals surface area contributed by atoms with Crippen molar-refractivity contribution in [2.24, 2.45) is 0 Å². The lowest BCUT2D eigenvalue weighted by Gasteiger charge is -2.32. The molecule has 2 N–H and O–H groups in total. The molecule has 1 aliphatic heterocycles. The molecule has 3 rings (SSSR count). The van der Waals surface area contributed by atoms with Crippen LogP contribution in [0.5, 0.6) is 0 Å². The first kappa shape index (κ1) is 23.6. The van der Waals surface area contributed by atoms with Crippen molar-refractivity contribution in [2.75, 3.05) is 11.9 Å². The summed E-state index contributed by atoms with van der Waals surface area (Å²) in [6, 6.07) is 16.7. The first-order chi connectivity index (χ1) is 14.3. The van der Waals surface area contributed by atoms with Gasteiger partial charge in [0.05, 0.1) is 11.6 Å². The average Bonchev–Trinajstić information content (AvgIpc) is 2.75. The number of nitrogens with one attached hydrogen (secondary N) is 2. The van der Waals surface area contributed by atoms with Crippen LogP contribution in [0, 0.1) is 0 Å². The van der Waals surface area contributed by atoms with Gasteiger partial charge in [-0.2, -0.15) is 0 Å². The van der Waals surface area contributed by atoms with Gasteiger partial charge in [0.2, 0.25) is 5.91 Å². The highest BCUT2D eigenvalue weighted by Crippen LogP contribution is 2.28. The second kappa shape index (κ2) is 10.9. The quantitative estimate of drug-likeness (QED) is 0.685. The molecule has 2 atom stereocenters. The van der Waals surface area contributed by atoms with Gasteiger partial charge in [0.25, 0.3) is 0 Å². The molecule has 1 fully saturated rings. The molecule has 0 spiro atoms. The van der Waals surface area contributed by atoms with E-state index in [0.29, 0.717) is 11.3 Å². The second-order valence-electron chi connectivity index (χ2n) is 8.16. The molecular formula is C25H34N2O3. The average molecular weight is 411 g/mol. The number of rotatable bonds is 4. The van der Waals surface area contributed by atoms with E-state index in [0.717, 1.165) is 19.4 Å². The van der Waals surface area contributed by atoms with Crippen LogP contribution in [-0.4, -0.2) is 30.1 Å². The van der Waals surface area contributed by atoms with Crippen molar-refractivity contribution in [3.63, 3.8) is 0 Å². The molecule has 1 amide bonds. The highest BCUT2D eigenvalue weighted by Gasteiger charge is 2.31. The van der Waals surface area contributed by atoms with E-state index in [4.69, 9.17) is 4.74 Å². The lowest BCUT2D eigenvalue weighted by atomic mass is 9.84. The first-order valence-electron chi connectivity index (χ1n) is 10.8. The van der Waals surface area contributed by atoms with Gasteiger partial charge in [-0.3, -0.25) is 4.79 Å². The molecule has 1 aliphatic rings. The molecular weight excluding hydrogens is 376 g/mol. The third-order valence-corrected chi connectivity index (χ3v) is 4.76. The molecule has 2 aromatic carbocycles. The molecule has 2 unspecified atom stereocenters. The molecule has 5 nitrogen and oxygen atoms in total. The number of carbonyl (C=O) groups is 2. The van der Waals surface area contributed by atoms with Crippen molar-refractivity contribution in [1.82, 2.24) is 5.32 Å². The van der Waals surface area contributed by atoms with Crippen molar-refractivity contribution in [2.45, 2.75) is 65.0 Å². The van der Waals surface area contributed by atoms with E-state index in [1.807, 2.05) is 52.8 Å². The van der Waals surface area contributed by atoms with Crippen molar-refractivity contribution in [3.05, 3.63) is 65.7 Å². The summed E-state index contributed by atoms with van der Waals surface area (Å²) in [5.74, 6) is -0.280. The minimum atomic E-state index is -0.539. The third kappa shape index (κ3) is 6.70. The fourth-order valence-electron chi connectivity index (χ4n) is 3.47. The number of hydrogen-bond donors (Lipinski definition) is 2. The number of carbonyl (C=O) groups excluding carboxylic acids is 2. The summed E-state index contributed by atoms with van der Waals surface area (Å²) in [4.78, 5) is 25.0. The highest BCUT2D eigenvalue weighted by molar-refractivity contribution is 5.96. The Morgan fingerprint density at radius 1 is 1.00 bits per heavy atom. The number of amides is 1. The van der Waals surface area contributed by atoms with E-state index in [1.54, 1.807) is 24.3 Å². The Bertz CT molecular complexity index is 811. The summed E-state index contributed by atoms with van der Waals surface area (Å²) in [7, 11) is 0. The minimum absolute atomic E-state index is 0.0569. The van der Waals surface area contributed by atoms with Crippen molar-refractivity contribution < 1.29 is 14.3 Å². The zero-order valence-corrected chi connectivity index (χ0v) is 18.7. The van der Waals surface area contributed by atoms with Crippen molar-refractivity contribution in [3.8, 4) is 0 Å². The summed E-state index contributed by atoms with van der Waals surface area (Å²) in [6.07, 6.45) is 2.03. The Morgan fingerprint density at radius 2 is 1.63 bits per heavy atom. The molecule has 30 heavy (non-hydrogen) atoms. The van der Waals surface area contributed by atoms with Crippen LogP contribution in [-0.2, 0) is 9.53 Å². The van der Waals surface area contributed by atoms with Crippen LogP contribution in [0.2, 0.25) is 0 Å². The fraction of sp³-hybridized carbons (Fsp3) is 0.440. The van der Waals surface area contributed by atoms with Crippen LogP contribution in [0.3, 0.4) is 0 Å². The Kier molecular flexibility index (Phi) is 8.60. The lowest BCUT2D eigenvalue weighted by Crippen LogP contribution is -2.48. The summed E-state index contributed by atoms with van der Waals surface area (Å²) < 4.78 is 5.37. The fourth-order valence-corrected chi connectivity index (χ4v) is 3.47. The predicted molar refractivity (Wildman–Crippen MR) is 122 cm³/mol. The summed E-state index contributed by atoms with van der Waals surface area (Å²) in [6.45, 7) is 10.3. The topological polar surface area (TPSA) is 67.4 Å². The van der Waals surface area contributed by atoms with Crippen LogP contribution in [0.25, 0.3) is 0 Å². The molecule has 0 bridgehead atoms. The molecule has 0 radical (unpaired) electrons. The van der Waals surface area contributed by atoms with Gasteiger partial charge in [0.1, 0.15) is 5.60 Å². The second-order valence-corrected chi connectivity index (χ2v) is 8.16. The van der Waals surface area contributed by atoms with Gasteiger partial charge in [-0.25, -0.2) is 4.79 Å². The van der Waals surface area contributed by atoms with Crippen LogP contribution >= 0.6 is 0 Å². The maximum absolute atomic E-state index is 12.9. The third-order valence-electron chi connectivity index (χ3n) is 4.76. The first-order valence-corrected chi connectivity index (χ1v) is 10.8. The number of esters is 1. The molecule has 1 saturated heterocycles. The number of piperidine rings is 1. The molecule has 162 valence electrons. The van der Waals surface area contributed by atoms with Crippen molar-refractivity contribution in [1.29, 1.82) is 0 Å². The molecule has 0 saturated carbocycles. The molecule has 2 aromatic rings. The summed E-state index contributed by atoms with van der Waals surface area (Å²) in [5, 5.41) is 6.33. The van der Waals surface area contributed by atoms with Crippen LogP contribution in [0.1, 0.15) is 69.3 Å². The van der Waals surface area contributed by atoms with Crippen molar-refractivity contribution >= 4 is 17.6 Å². The zero-order chi connectivity index (χ0) is 22.1. The summed E-state index contributed by atoms with van der Waals surface area (Å²) >= 11 is 0. The van der Waals surface area contributed by atoms with Gasteiger partial charge in [-0.1, -0.05) is 44.2 Å².